The number of anilines is 1. The van der Waals surface area contributed by atoms with Crippen molar-refractivity contribution in [3.8, 4) is 17.2 Å². The largest absolute Gasteiger partial charge is 0.493 e. The van der Waals surface area contributed by atoms with E-state index < -0.39 is 5.91 Å². The Morgan fingerprint density at radius 2 is 1.45 bits per heavy atom. The summed E-state index contributed by atoms with van der Waals surface area (Å²) in [5.41, 5.74) is 3.90. The second-order valence-electron chi connectivity index (χ2n) is 6.76. The van der Waals surface area contributed by atoms with Crippen molar-refractivity contribution in [2.45, 2.75) is 13.8 Å². The van der Waals surface area contributed by atoms with Crippen molar-refractivity contribution in [1.29, 1.82) is 0 Å². The number of nitrogens with zero attached hydrogens (tertiary/aromatic N) is 1. The lowest BCUT2D eigenvalue weighted by Gasteiger charge is -2.15. The quantitative estimate of drug-likeness (QED) is 0.756. The van der Waals surface area contributed by atoms with Crippen LogP contribution in [0.1, 0.15) is 16.7 Å². The lowest BCUT2D eigenvalue weighted by atomic mass is 9.99. The summed E-state index contributed by atoms with van der Waals surface area (Å²) in [7, 11) is 6.01. The van der Waals surface area contributed by atoms with E-state index in [0.29, 0.717) is 34.1 Å². The van der Waals surface area contributed by atoms with Crippen LogP contribution in [0.3, 0.4) is 0 Å². The van der Waals surface area contributed by atoms with Gasteiger partial charge >= 0.3 is 0 Å². The maximum absolute atomic E-state index is 12.8. The molecule has 0 saturated heterocycles. The molecule has 2 amide bonds. The van der Waals surface area contributed by atoms with E-state index in [1.807, 2.05) is 32.0 Å². The van der Waals surface area contributed by atoms with Gasteiger partial charge in [0.05, 0.1) is 26.9 Å². The fraction of sp³-hybridized carbons (Fsp3) is 0.273. The average Bonchev–Trinajstić information content (AvgIpc) is 2.93. The fourth-order valence-electron chi connectivity index (χ4n) is 3.22. The molecule has 1 heterocycles. The first kappa shape index (κ1) is 20.3. The van der Waals surface area contributed by atoms with Crippen molar-refractivity contribution in [3.63, 3.8) is 0 Å². The number of hydrogen-bond acceptors (Lipinski definition) is 6. The van der Waals surface area contributed by atoms with Gasteiger partial charge in [-0.15, -0.1) is 0 Å². The molecule has 0 aliphatic carbocycles. The van der Waals surface area contributed by atoms with Crippen molar-refractivity contribution >= 4 is 23.1 Å². The van der Waals surface area contributed by atoms with Gasteiger partial charge in [-0.1, -0.05) is 18.2 Å². The standard InChI is InChI=1S/C22H24N2O5/c1-12-7-8-14(9-13(12)2)18-19(22(26)24(3)21(18)25)23-15-10-16(27-4)20(29-6)17(11-15)28-5/h7-11,23H,1-6H3. The predicted molar refractivity (Wildman–Crippen MR) is 110 cm³/mol. The van der Waals surface area contributed by atoms with Crippen molar-refractivity contribution in [3.05, 3.63) is 52.7 Å². The number of methoxy groups -OCH3 is 3. The molecule has 0 fully saturated rings. The van der Waals surface area contributed by atoms with Crippen molar-refractivity contribution in [1.82, 2.24) is 4.90 Å². The monoisotopic (exact) mass is 396 g/mol. The van der Waals surface area contributed by atoms with Gasteiger partial charge in [0.25, 0.3) is 11.8 Å². The van der Waals surface area contributed by atoms with E-state index in [0.717, 1.165) is 16.0 Å². The summed E-state index contributed by atoms with van der Waals surface area (Å²) in [6, 6.07) is 9.06. The van der Waals surface area contributed by atoms with Crippen LogP contribution in [-0.2, 0) is 9.59 Å². The van der Waals surface area contributed by atoms with Crippen molar-refractivity contribution < 1.29 is 23.8 Å². The van der Waals surface area contributed by atoms with Crippen LogP contribution in [0.4, 0.5) is 5.69 Å². The van der Waals surface area contributed by atoms with Gasteiger partial charge in [0.2, 0.25) is 5.75 Å². The normalized spacial score (nSPS) is 13.8. The number of ether oxygens (including phenoxy) is 3. The third-order valence-corrected chi connectivity index (χ3v) is 5.02. The van der Waals surface area contributed by atoms with E-state index in [2.05, 4.69) is 5.32 Å². The zero-order valence-corrected chi connectivity index (χ0v) is 17.4. The number of amides is 2. The summed E-state index contributed by atoms with van der Waals surface area (Å²) in [6.45, 7) is 3.97. The summed E-state index contributed by atoms with van der Waals surface area (Å²) in [5, 5.41) is 3.09. The lowest BCUT2D eigenvalue weighted by molar-refractivity contribution is -0.135. The molecule has 0 saturated carbocycles. The molecule has 0 unspecified atom stereocenters. The Morgan fingerprint density at radius 3 is 1.97 bits per heavy atom. The smallest absolute Gasteiger partial charge is 0.277 e. The van der Waals surface area contributed by atoms with E-state index in [1.54, 1.807) is 12.1 Å². The van der Waals surface area contributed by atoms with Crippen LogP contribution in [0.25, 0.3) is 5.57 Å². The SMILES string of the molecule is COc1cc(NC2=C(c3ccc(C)c(C)c3)C(=O)N(C)C2=O)cc(OC)c1OC. The summed E-state index contributed by atoms with van der Waals surface area (Å²) in [5.74, 6) is 0.556. The Hall–Kier alpha value is -3.48. The summed E-state index contributed by atoms with van der Waals surface area (Å²) >= 11 is 0. The zero-order chi connectivity index (χ0) is 21.3. The van der Waals surface area contributed by atoms with E-state index in [-0.39, 0.29) is 11.6 Å². The first-order valence-corrected chi connectivity index (χ1v) is 9.03. The van der Waals surface area contributed by atoms with Crippen molar-refractivity contribution in [2.75, 3.05) is 33.7 Å². The molecule has 1 N–H and O–H groups in total. The highest BCUT2D eigenvalue weighted by molar-refractivity contribution is 6.36. The Morgan fingerprint density at radius 1 is 0.828 bits per heavy atom. The second-order valence-corrected chi connectivity index (χ2v) is 6.76. The van der Waals surface area contributed by atoms with Gasteiger partial charge in [0.1, 0.15) is 5.70 Å². The number of benzene rings is 2. The molecule has 7 nitrogen and oxygen atoms in total. The molecule has 2 aromatic rings. The summed E-state index contributed by atoms with van der Waals surface area (Å²) < 4.78 is 16.1. The predicted octanol–water partition coefficient (Wildman–Crippen LogP) is 3.15. The molecule has 0 bridgehead atoms. The molecule has 3 rings (SSSR count). The third-order valence-electron chi connectivity index (χ3n) is 5.02. The third kappa shape index (κ3) is 3.51. The van der Waals surface area contributed by atoms with E-state index >= 15 is 0 Å². The number of rotatable bonds is 6. The molecule has 0 radical (unpaired) electrons. The summed E-state index contributed by atoms with van der Waals surface area (Å²) in [6.07, 6.45) is 0. The molecule has 152 valence electrons. The highest BCUT2D eigenvalue weighted by Gasteiger charge is 2.37. The Labute approximate surface area is 169 Å². The molecular formula is C22H24N2O5. The van der Waals surface area contributed by atoms with Crippen LogP contribution >= 0.6 is 0 Å². The highest BCUT2D eigenvalue weighted by atomic mass is 16.5. The highest BCUT2D eigenvalue weighted by Crippen LogP contribution is 2.41. The Kier molecular flexibility index (Phi) is 5.50. The van der Waals surface area contributed by atoms with E-state index in [9.17, 15) is 9.59 Å². The van der Waals surface area contributed by atoms with Crippen LogP contribution < -0.4 is 19.5 Å². The summed E-state index contributed by atoms with van der Waals surface area (Å²) in [4.78, 5) is 26.7. The van der Waals surface area contributed by atoms with E-state index in [1.165, 1.54) is 28.4 Å². The molecular weight excluding hydrogens is 372 g/mol. The molecule has 0 aromatic heterocycles. The van der Waals surface area contributed by atoms with Crippen LogP contribution in [0.15, 0.2) is 36.0 Å². The van der Waals surface area contributed by atoms with Gasteiger partial charge in [-0.25, -0.2) is 0 Å². The van der Waals surface area contributed by atoms with Gasteiger partial charge < -0.3 is 19.5 Å². The topological polar surface area (TPSA) is 77.1 Å². The van der Waals surface area contributed by atoms with Crippen molar-refractivity contribution in [2.24, 2.45) is 0 Å². The average molecular weight is 396 g/mol. The first-order chi connectivity index (χ1) is 13.8. The van der Waals surface area contributed by atoms with Crippen LogP contribution in [0.5, 0.6) is 17.2 Å². The van der Waals surface area contributed by atoms with Gasteiger partial charge in [-0.3, -0.25) is 14.5 Å². The number of imide groups is 1. The number of nitrogens with one attached hydrogen (secondary N) is 1. The molecule has 0 spiro atoms. The zero-order valence-electron chi connectivity index (χ0n) is 17.4. The van der Waals surface area contributed by atoms with Gasteiger partial charge in [0, 0.05) is 24.9 Å². The molecule has 0 atom stereocenters. The minimum Gasteiger partial charge on any atom is -0.493 e. The minimum atomic E-state index is -0.406. The second kappa shape index (κ2) is 7.87. The molecule has 29 heavy (non-hydrogen) atoms. The lowest BCUT2D eigenvalue weighted by Crippen LogP contribution is -2.27. The van der Waals surface area contributed by atoms with Crippen LogP contribution in [0, 0.1) is 13.8 Å². The van der Waals surface area contributed by atoms with Gasteiger partial charge in [0.15, 0.2) is 11.5 Å². The number of aryl methyl sites for hydroxylation is 2. The number of likely N-dealkylation sites (N-methyl/N-ethyl adjacent to an activating group) is 1. The maximum Gasteiger partial charge on any atom is 0.277 e. The molecule has 1 aliphatic rings. The van der Waals surface area contributed by atoms with Gasteiger partial charge in [-0.2, -0.15) is 0 Å². The van der Waals surface area contributed by atoms with Crippen LogP contribution in [-0.4, -0.2) is 45.1 Å². The maximum atomic E-state index is 12.8. The Balaban J connectivity index is 2.13. The fourth-order valence-corrected chi connectivity index (χ4v) is 3.22. The minimum absolute atomic E-state index is 0.204. The van der Waals surface area contributed by atoms with Gasteiger partial charge in [-0.05, 0) is 30.5 Å². The Bertz CT molecular complexity index is 1000. The number of carbonyl (C=O) groups is 2. The number of hydrogen-bond donors (Lipinski definition) is 1. The molecule has 2 aromatic carbocycles. The van der Waals surface area contributed by atoms with E-state index in [4.69, 9.17) is 14.2 Å². The first-order valence-electron chi connectivity index (χ1n) is 9.03. The molecule has 7 heteroatoms. The van der Waals surface area contributed by atoms with Crippen LogP contribution in [0.2, 0.25) is 0 Å². The number of carbonyl (C=O) groups excluding carboxylic acids is 2. The molecule has 1 aliphatic heterocycles.